The van der Waals surface area contributed by atoms with E-state index < -0.39 is 12.1 Å². The van der Waals surface area contributed by atoms with Gasteiger partial charge in [0.25, 0.3) is 0 Å². The van der Waals surface area contributed by atoms with Crippen LogP contribution in [0, 0.1) is 0 Å². The molecule has 0 bridgehead atoms. The molecule has 0 rings (SSSR count). The number of aliphatic hydroxyl groups is 2. The summed E-state index contributed by atoms with van der Waals surface area (Å²) in [6.07, 6.45) is 99.4. The maximum atomic E-state index is 12.6. The summed E-state index contributed by atoms with van der Waals surface area (Å²) >= 11 is 0. The lowest BCUT2D eigenvalue weighted by Crippen LogP contribution is -2.45. The van der Waals surface area contributed by atoms with Crippen molar-refractivity contribution in [1.29, 1.82) is 0 Å². The van der Waals surface area contributed by atoms with Crippen LogP contribution in [0.4, 0.5) is 0 Å². The van der Waals surface area contributed by atoms with Gasteiger partial charge in [0, 0.05) is 12.8 Å². The van der Waals surface area contributed by atoms with Crippen LogP contribution in [0.25, 0.3) is 0 Å². The molecule has 0 aliphatic heterocycles. The van der Waals surface area contributed by atoms with Crippen LogP contribution in [0.3, 0.4) is 0 Å². The molecule has 3 N–H and O–H groups in total. The van der Waals surface area contributed by atoms with E-state index in [2.05, 4.69) is 19.2 Å². The minimum atomic E-state index is -0.661. The van der Waals surface area contributed by atoms with Crippen molar-refractivity contribution in [3.63, 3.8) is 0 Å². The Hall–Kier alpha value is -1.14. The standard InChI is InChI=1S/C83H165NO5/c1-3-5-7-9-11-13-15-16-17-18-19-20-21-37-40-43-46-49-52-56-59-63-67-71-75-81(86)80(79-85)84-82(87)76-72-68-64-60-57-53-50-47-44-41-38-35-33-31-29-27-25-23-22-24-26-28-30-32-34-36-39-42-45-48-51-54-58-62-66-70-74-78-89-83(88)77-73-69-65-61-55-14-12-10-8-6-4-2/h80-81,85-86H,3-79H2,1-2H3,(H,84,87). The normalized spacial score (nSPS) is 12.4. The second-order valence-corrected chi connectivity index (χ2v) is 29.2. The number of amides is 1. The van der Waals surface area contributed by atoms with Crippen LogP contribution in [-0.2, 0) is 14.3 Å². The summed E-state index contributed by atoms with van der Waals surface area (Å²) in [5.74, 6) is 0.00212. The maximum absolute atomic E-state index is 12.6. The molecule has 0 aromatic heterocycles. The molecule has 1 amide bonds. The number of esters is 1. The fourth-order valence-electron chi connectivity index (χ4n) is 13.8. The van der Waals surface area contributed by atoms with Gasteiger partial charge in [-0.1, -0.05) is 457 Å². The van der Waals surface area contributed by atoms with Crippen LogP contribution in [0.2, 0.25) is 0 Å². The number of rotatable bonds is 80. The maximum Gasteiger partial charge on any atom is 0.305 e. The van der Waals surface area contributed by atoms with Crippen LogP contribution in [0.5, 0.6) is 0 Å². The fraction of sp³-hybridized carbons (Fsp3) is 0.976. The van der Waals surface area contributed by atoms with E-state index in [9.17, 15) is 19.8 Å². The second-order valence-electron chi connectivity index (χ2n) is 29.2. The first-order valence-electron chi connectivity index (χ1n) is 41.8. The zero-order valence-corrected chi connectivity index (χ0v) is 61.2. The van der Waals surface area contributed by atoms with Gasteiger partial charge in [0.15, 0.2) is 0 Å². The van der Waals surface area contributed by atoms with Crippen molar-refractivity contribution in [1.82, 2.24) is 5.32 Å². The van der Waals surface area contributed by atoms with Gasteiger partial charge in [-0.2, -0.15) is 0 Å². The third-order valence-electron chi connectivity index (χ3n) is 20.2. The van der Waals surface area contributed by atoms with Crippen molar-refractivity contribution in [2.75, 3.05) is 13.2 Å². The Bertz CT molecular complexity index is 1310. The van der Waals surface area contributed by atoms with Crippen molar-refractivity contribution in [2.24, 2.45) is 0 Å². The van der Waals surface area contributed by atoms with Crippen LogP contribution in [0.1, 0.15) is 495 Å². The number of carbonyl (C=O) groups is 2. The number of unbranched alkanes of at least 4 members (excludes halogenated alkanes) is 69. The Labute approximate surface area is 559 Å². The number of ether oxygens (including phenoxy) is 1. The summed E-state index contributed by atoms with van der Waals surface area (Å²) in [4.78, 5) is 24.6. The van der Waals surface area contributed by atoms with Crippen LogP contribution in [0.15, 0.2) is 0 Å². The lowest BCUT2D eigenvalue weighted by atomic mass is 10.0. The molecular formula is C83H165NO5. The minimum Gasteiger partial charge on any atom is -0.466 e. The van der Waals surface area contributed by atoms with Crippen LogP contribution < -0.4 is 5.32 Å². The Balaban J connectivity index is 3.30. The predicted octanol–water partition coefficient (Wildman–Crippen LogP) is 27.7. The Morgan fingerprint density at radius 3 is 0.685 bits per heavy atom. The topological polar surface area (TPSA) is 95.9 Å². The first-order valence-corrected chi connectivity index (χ1v) is 41.8. The largest absolute Gasteiger partial charge is 0.466 e. The zero-order chi connectivity index (χ0) is 64.2. The van der Waals surface area contributed by atoms with Crippen molar-refractivity contribution in [2.45, 2.75) is 508 Å². The van der Waals surface area contributed by atoms with Gasteiger partial charge in [0.2, 0.25) is 5.91 Å². The van der Waals surface area contributed by atoms with E-state index in [1.165, 1.54) is 424 Å². The van der Waals surface area contributed by atoms with Gasteiger partial charge in [-0.3, -0.25) is 9.59 Å². The number of hydrogen-bond donors (Lipinski definition) is 3. The monoisotopic (exact) mass is 1260 g/mol. The van der Waals surface area contributed by atoms with Crippen molar-refractivity contribution >= 4 is 11.9 Å². The highest BCUT2D eigenvalue weighted by Gasteiger charge is 2.20. The quantitative estimate of drug-likeness (QED) is 0.0417. The van der Waals surface area contributed by atoms with E-state index in [0.29, 0.717) is 25.9 Å². The molecule has 6 heteroatoms. The molecule has 0 aliphatic carbocycles. The van der Waals surface area contributed by atoms with E-state index in [-0.39, 0.29) is 18.5 Å². The molecule has 0 aromatic carbocycles. The summed E-state index contributed by atoms with van der Waals surface area (Å²) in [6.45, 7) is 5.02. The third kappa shape index (κ3) is 75.8. The summed E-state index contributed by atoms with van der Waals surface area (Å²) in [5.41, 5.74) is 0. The molecule has 0 spiro atoms. The summed E-state index contributed by atoms with van der Waals surface area (Å²) in [7, 11) is 0. The molecule has 0 saturated heterocycles. The fourth-order valence-corrected chi connectivity index (χ4v) is 13.8. The molecular weight excluding hydrogens is 1090 g/mol. The van der Waals surface area contributed by atoms with Gasteiger partial charge in [0.05, 0.1) is 25.4 Å². The highest BCUT2D eigenvalue weighted by Crippen LogP contribution is 2.21. The van der Waals surface area contributed by atoms with E-state index in [0.717, 1.165) is 38.5 Å². The zero-order valence-electron chi connectivity index (χ0n) is 61.2. The highest BCUT2D eigenvalue weighted by molar-refractivity contribution is 5.76. The molecule has 6 nitrogen and oxygen atoms in total. The predicted molar refractivity (Wildman–Crippen MR) is 394 cm³/mol. The molecule has 0 aromatic rings. The third-order valence-corrected chi connectivity index (χ3v) is 20.2. The second kappa shape index (κ2) is 79.3. The molecule has 0 radical (unpaired) electrons. The molecule has 0 heterocycles. The number of hydrogen-bond acceptors (Lipinski definition) is 5. The number of aliphatic hydroxyl groups excluding tert-OH is 2. The van der Waals surface area contributed by atoms with Crippen molar-refractivity contribution in [3.8, 4) is 0 Å². The smallest absolute Gasteiger partial charge is 0.305 e. The van der Waals surface area contributed by atoms with Gasteiger partial charge < -0.3 is 20.3 Å². The molecule has 2 atom stereocenters. The van der Waals surface area contributed by atoms with E-state index in [1.807, 2.05) is 0 Å². The van der Waals surface area contributed by atoms with Gasteiger partial charge in [-0.05, 0) is 25.7 Å². The lowest BCUT2D eigenvalue weighted by Gasteiger charge is -2.22. The number of nitrogens with one attached hydrogen (secondary N) is 1. The highest BCUT2D eigenvalue weighted by atomic mass is 16.5. The SMILES string of the molecule is CCCCCCCCCCCCCCCCCCCCCCCCCCC(O)C(CO)NC(=O)CCCCCCCCCCCCCCCCCCCCCCCCCCCCCCCCCCCCCCCOC(=O)CCCCCCCCCCCCC. The molecule has 0 saturated carbocycles. The van der Waals surface area contributed by atoms with E-state index in [1.54, 1.807) is 0 Å². The Kier molecular flexibility index (Phi) is 78.3. The molecule has 2 unspecified atom stereocenters. The lowest BCUT2D eigenvalue weighted by molar-refractivity contribution is -0.143. The summed E-state index contributed by atoms with van der Waals surface area (Å²) < 4.78 is 5.49. The molecule has 0 fully saturated rings. The first-order chi connectivity index (χ1) is 44.0. The van der Waals surface area contributed by atoms with Gasteiger partial charge in [-0.15, -0.1) is 0 Å². The summed E-state index contributed by atoms with van der Waals surface area (Å²) in [6, 6.07) is -0.537. The summed E-state index contributed by atoms with van der Waals surface area (Å²) in [5, 5.41) is 23.5. The average molecular weight is 1260 g/mol. The van der Waals surface area contributed by atoms with E-state index in [4.69, 9.17) is 4.74 Å². The molecule has 89 heavy (non-hydrogen) atoms. The van der Waals surface area contributed by atoms with Crippen LogP contribution >= 0.6 is 0 Å². The van der Waals surface area contributed by atoms with Crippen LogP contribution in [-0.4, -0.2) is 47.4 Å². The van der Waals surface area contributed by atoms with Gasteiger partial charge in [-0.25, -0.2) is 0 Å². The number of carbonyl (C=O) groups excluding carboxylic acids is 2. The van der Waals surface area contributed by atoms with Crippen molar-refractivity contribution in [3.05, 3.63) is 0 Å². The van der Waals surface area contributed by atoms with E-state index >= 15 is 0 Å². The Morgan fingerprint density at radius 2 is 0.461 bits per heavy atom. The minimum absolute atomic E-state index is 0.0224. The first kappa shape index (κ1) is 87.9. The van der Waals surface area contributed by atoms with Gasteiger partial charge >= 0.3 is 5.97 Å². The molecule has 0 aliphatic rings. The molecule has 532 valence electrons. The Morgan fingerprint density at radius 1 is 0.270 bits per heavy atom. The average Bonchev–Trinajstić information content (AvgIpc) is 3.67. The van der Waals surface area contributed by atoms with Gasteiger partial charge in [0.1, 0.15) is 0 Å². The van der Waals surface area contributed by atoms with Crippen molar-refractivity contribution < 1.29 is 24.5 Å².